The van der Waals surface area contributed by atoms with E-state index in [1.54, 1.807) is 0 Å². The Morgan fingerprint density at radius 2 is 2.00 bits per heavy atom. The Kier molecular flexibility index (Phi) is 3.67. The summed E-state index contributed by atoms with van der Waals surface area (Å²) in [6, 6.07) is -0.731. The van der Waals surface area contributed by atoms with Gasteiger partial charge in [-0.1, -0.05) is 0 Å². The molecule has 104 valence electrons. The van der Waals surface area contributed by atoms with Crippen molar-refractivity contribution >= 4 is 6.03 Å². The van der Waals surface area contributed by atoms with Crippen molar-refractivity contribution in [1.82, 2.24) is 10.2 Å². The van der Waals surface area contributed by atoms with Gasteiger partial charge in [-0.15, -0.1) is 0 Å². The van der Waals surface area contributed by atoms with Gasteiger partial charge in [0, 0.05) is 13.0 Å². The van der Waals surface area contributed by atoms with E-state index in [-0.39, 0.29) is 6.54 Å². The Labute approximate surface area is 102 Å². The fraction of sp³-hybridized carbons (Fsp3) is 0.900. The second-order valence-electron chi connectivity index (χ2n) is 4.41. The molecule has 0 aromatic carbocycles. The van der Waals surface area contributed by atoms with Crippen molar-refractivity contribution in [3.63, 3.8) is 0 Å². The van der Waals surface area contributed by atoms with Crippen molar-refractivity contribution in [1.29, 1.82) is 0 Å². The molecule has 1 spiro atoms. The van der Waals surface area contributed by atoms with Gasteiger partial charge in [0.25, 0.3) is 0 Å². The summed E-state index contributed by atoms with van der Waals surface area (Å²) in [6.45, 7) is 0.182. The summed E-state index contributed by atoms with van der Waals surface area (Å²) in [6.07, 6.45) is -3.08. The van der Waals surface area contributed by atoms with Gasteiger partial charge in [-0.2, -0.15) is 13.2 Å². The van der Waals surface area contributed by atoms with Crippen LogP contribution in [-0.2, 0) is 9.47 Å². The van der Waals surface area contributed by atoms with E-state index >= 15 is 0 Å². The van der Waals surface area contributed by atoms with Gasteiger partial charge in [-0.3, -0.25) is 0 Å². The monoisotopic (exact) mass is 268 g/mol. The number of hydrogen-bond donors (Lipinski definition) is 1. The van der Waals surface area contributed by atoms with Crippen LogP contribution < -0.4 is 5.32 Å². The molecule has 2 rings (SSSR count). The van der Waals surface area contributed by atoms with Crippen LogP contribution in [0.5, 0.6) is 0 Å². The lowest BCUT2D eigenvalue weighted by Gasteiger charge is -2.38. The minimum atomic E-state index is -4.40. The van der Waals surface area contributed by atoms with Gasteiger partial charge in [0.1, 0.15) is 6.54 Å². The van der Waals surface area contributed by atoms with E-state index in [2.05, 4.69) is 0 Å². The zero-order valence-corrected chi connectivity index (χ0v) is 9.76. The molecule has 0 unspecified atom stereocenters. The molecule has 0 aromatic rings. The van der Waals surface area contributed by atoms with Crippen LogP contribution in [0.4, 0.5) is 18.0 Å². The van der Waals surface area contributed by atoms with Crippen molar-refractivity contribution in [2.24, 2.45) is 0 Å². The van der Waals surface area contributed by atoms with Gasteiger partial charge in [-0.05, 0) is 6.42 Å². The van der Waals surface area contributed by atoms with Crippen molar-refractivity contribution in [2.45, 2.75) is 24.8 Å². The normalized spacial score (nSPS) is 23.4. The number of piperidine rings is 1. The summed E-state index contributed by atoms with van der Waals surface area (Å²) in [5.41, 5.74) is 0. The summed E-state index contributed by atoms with van der Waals surface area (Å²) in [7, 11) is 0. The molecule has 2 heterocycles. The molecule has 0 aromatic heterocycles. The Morgan fingerprint density at radius 1 is 1.33 bits per heavy atom. The number of ether oxygens (including phenoxy) is 2. The fourth-order valence-corrected chi connectivity index (χ4v) is 2.18. The van der Waals surface area contributed by atoms with E-state index < -0.39 is 24.5 Å². The topological polar surface area (TPSA) is 50.8 Å². The van der Waals surface area contributed by atoms with Crippen molar-refractivity contribution < 1.29 is 27.4 Å². The highest BCUT2D eigenvalue weighted by atomic mass is 19.4. The Bertz CT molecular complexity index is 316. The van der Waals surface area contributed by atoms with Gasteiger partial charge >= 0.3 is 12.2 Å². The minimum Gasteiger partial charge on any atom is -0.346 e. The van der Waals surface area contributed by atoms with E-state index in [4.69, 9.17) is 9.47 Å². The fourth-order valence-electron chi connectivity index (χ4n) is 2.18. The van der Waals surface area contributed by atoms with Gasteiger partial charge in [0.2, 0.25) is 0 Å². The van der Waals surface area contributed by atoms with E-state index in [0.29, 0.717) is 32.6 Å². The van der Waals surface area contributed by atoms with E-state index in [1.807, 2.05) is 5.32 Å². The third-order valence-electron chi connectivity index (χ3n) is 2.96. The van der Waals surface area contributed by atoms with Crippen molar-refractivity contribution in [3.8, 4) is 0 Å². The first-order valence-corrected chi connectivity index (χ1v) is 5.78. The summed E-state index contributed by atoms with van der Waals surface area (Å²) in [5, 5.41) is 1.85. The smallest absolute Gasteiger partial charge is 0.346 e. The largest absolute Gasteiger partial charge is 0.405 e. The molecule has 2 aliphatic rings. The molecule has 0 bridgehead atoms. The summed E-state index contributed by atoms with van der Waals surface area (Å²) in [4.78, 5) is 12.9. The molecule has 1 N–H and O–H groups in total. The number of amides is 2. The molecule has 2 amide bonds. The third kappa shape index (κ3) is 3.26. The molecule has 2 aliphatic heterocycles. The van der Waals surface area contributed by atoms with Crippen LogP contribution in [0, 0.1) is 0 Å². The van der Waals surface area contributed by atoms with Crippen molar-refractivity contribution in [3.05, 3.63) is 0 Å². The number of nitrogens with one attached hydrogen (secondary N) is 1. The first kappa shape index (κ1) is 13.4. The lowest BCUT2D eigenvalue weighted by molar-refractivity contribution is -0.183. The molecule has 0 atom stereocenters. The first-order chi connectivity index (χ1) is 8.40. The predicted octanol–water partition coefficient (Wildman–Crippen LogP) is 1.10. The van der Waals surface area contributed by atoms with Crippen LogP contribution in [0.1, 0.15) is 12.8 Å². The number of rotatable bonds is 1. The van der Waals surface area contributed by atoms with Gasteiger partial charge in [-0.25, -0.2) is 4.79 Å². The maximum absolute atomic E-state index is 12.0. The number of halogens is 3. The highest BCUT2D eigenvalue weighted by Gasteiger charge is 2.42. The number of carbonyl (C=O) groups is 1. The van der Waals surface area contributed by atoms with E-state index in [1.165, 1.54) is 4.90 Å². The number of likely N-dealkylation sites (tertiary alicyclic amines) is 1. The lowest BCUT2D eigenvalue weighted by Crippen LogP contribution is -2.54. The molecular formula is C10H15F3N2O3. The molecule has 2 fully saturated rings. The van der Waals surface area contributed by atoms with Gasteiger partial charge in [0.05, 0.1) is 19.8 Å². The Morgan fingerprint density at radius 3 is 2.61 bits per heavy atom. The molecule has 0 radical (unpaired) electrons. The minimum absolute atomic E-state index is 0.177. The van der Waals surface area contributed by atoms with Crippen molar-refractivity contribution in [2.75, 3.05) is 32.8 Å². The Balaban J connectivity index is 1.86. The molecular weight excluding hydrogens is 253 g/mol. The lowest BCUT2D eigenvalue weighted by atomic mass is 10.1. The second-order valence-corrected chi connectivity index (χ2v) is 4.41. The zero-order valence-electron chi connectivity index (χ0n) is 9.76. The quantitative estimate of drug-likeness (QED) is 0.774. The highest BCUT2D eigenvalue weighted by Crippen LogP contribution is 2.30. The number of urea groups is 1. The number of hydrogen-bond acceptors (Lipinski definition) is 3. The number of alkyl halides is 3. The first-order valence-electron chi connectivity index (χ1n) is 5.78. The molecule has 8 heteroatoms. The molecule has 5 nitrogen and oxygen atoms in total. The Hall–Kier alpha value is -1.02. The van der Waals surface area contributed by atoms with E-state index in [0.717, 1.165) is 0 Å². The average Bonchev–Trinajstić information content (AvgIpc) is 2.73. The molecule has 0 saturated carbocycles. The maximum atomic E-state index is 12.0. The number of carbonyl (C=O) groups excluding carboxylic acids is 1. The van der Waals surface area contributed by atoms with Crippen LogP contribution in [0.25, 0.3) is 0 Å². The number of nitrogens with zero attached hydrogens (tertiary/aromatic N) is 1. The molecule has 18 heavy (non-hydrogen) atoms. The second kappa shape index (κ2) is 4.93. The van der Waals surface area contributed by atoms with Crippen LogP contribution in [0.3, 0.4) is 0 Å². The van der Waals surface area contributed by atoms with Crippen LogP contribution in [0.15, 0.2) is 0 Å². The summed E-state index contributed by atoms with van der Waals surface area (Å²) < 4.78 is 46.9. The standard InChI is InChI=1S/C10H15F3N2O3/c11-10(12,13)6-14-8(16)15-3-1-2-9(7-15)17-4-5-18-9/h1-7H2,(H,14,16). The maximum Gasteiger partial charge on any atom is 0.405 e. The molecule has 0 aliphatic carbocycles. The summed E-state index contributed by atoms with van der Waals surface area (Å²) >= 11 is 0. The SMILES string of the molecule is O=C(NCC(F)(F)F)N1CCCC2(C1)OCCO2. The van der Waals surface area contributed by atoms with Gasteiger partial charge in [0.15, 0.2) is 5.79 Å². The highest BCUT2D eigenvalue weighted by molar-refractivity contribution is 5.74. The zero-order chi connectivity index (χ0) is 13.2. The average molecular weight is 268 g/mol. The van der Waals surface area contributed by atoms with Crippen LogP contribution in [-0.4, -0.2) is 55.7 Å². The van der Waals surface area contributed by atoms with E-state index in [9.17, 15) is 18.0 Å². The van der Waals surface area contributed by atoms with Crippen LogP contribution in [0.2, 0.25) is 0 Å². The summed E-state index contributed by atoms with van der Waals surface area (Å²) in [5.74, 6) is -0.812. The van der Waals surface area contributed by atoms with Crippen LogP contribution >= 0.6 is 0 Å². The third-order valence-corrected chi connectivity index (χ3v) is 2.96. The van der Waals surface area contributed by atoms with Gasteiger partial charge < -0.3 is 19.7 Å². The predicted molar refractivity (Wildman–Crippen MR) is 54.9 cm³/mol. The molecule has 2 saturated heterocycles.